The van der Waals surface area contributed by atoms with E-state index < -0.39 is 0 Å². The van der Waals surface area contributed by atoms with Crippen LogP contribution < -0.4 is 20.7 Å². The number of hydrogen-bond acceptors (Lipinski definition) is 2. The SMILES string of the molecule is C=C1c2ccccc2-c2c1cccc2-c1ccc2c(c1)B1Cc3cc4c(cc3N(c3ccc5c(c3)C(C)(C)CC5(C)C)c3cc(C)cc(c31)N2c1cc2c(cc1C)C(C)(C)CCC2(C)C)C(C)(C)CC4(C)C. The molecule has 2 nitrogen and oxygen atoms in total. The molecule has 0 unspecified atom stereocenters. The quantitative estimate of drug-likeness (QED) is 0.163. The fourth-order valence-corrected chi connectivity index (χ4v) is 16.0. The van der Waals surface area contributed by atoms with Crippen molar-refractivity contribution in [2.45, 2.75) is 161 Å². The number of nitrogens with zero attached hydrogens (tertiary/aromatic N) is 2. The predicted molar refractivity (Wildman–Crippen MR) is 310 cm³/mol. The van der Waals surface area contributed by atoms with E-state index in [4.69, 9.17) is 0 Å². The lowest BCUT2D eigenvalue weighted by atomic mass is 9.35. The van der Waals surface area contributed by atoms with Crippen LogP contribution in [0.4, 0.5) is 34.1 Å². The molecule has 7 aromatic carbocycles. The summed E-state index contributed by atoms with van der Waals surface area (Å²) in [6.07, 6.45) is 5.55. The summed E-state index contributed by atoms with van der Waals surface area (Å²) in [4.78, 5) is 5.44. The van der Waals surface area contributed by atoms with Gasteiger partial charge in [0.15, 0.2) is 0 Å². The number of anilines is 6. The van der Waals surface area contributed by atoms with Crippen molar-refractivity contribution in [3.63, 3.8) is 0 Å². The molecule has 4 aliphatic carbocycles. The summed E-state index contributed by atoms with van der Waals surface area (Å²) in [5.74, 6) is 0. The number of hydrogen-bond donors (Lipinski definition) is 0. The minimum atomic E-state index is 0.0498. The highest BCUT2D eigenvalue weighted by Gasteiger charge is 2.48. The molecule has 0 atom stereocenters. The van der Waals surface area contributed by atoms with Gasteiger partial charge in [-0.15, -0.1) is 0 Å². The maximum Gasteiger partial charge on any atom is 0.222 e. The van der Waals surface area contributed by atoms with E-state index >= 15 is 0 Å². The number of rotatable bonds is 3. The number of benzene rings is 7. The lowest BCUT2D eigenvalue weighted by Gasteiger charge is -2.44. The predicted octanol–water partition coefficient (Wildman–Crippen LogP) is 17.2. The van der Waals surface area contributed by atoms with Gasteiger partial charge in [0.1, 0.15) is 0 Å². The van der Waals surface area contributed by atoms with Crippen molar-refractivity contribution >= 4 is 57.3 Å². The summed E-state index contributed by atoms with van der Waals surface area (Å²) in [5.41, 5.74) is 32.9. The maximum absolute atomic E-state index is 4.65. The van der Waals surface area contributed by atoms with E-state index in [2.05, 4.69) is 229 Å². The van der Waals surface area contributed by atoms with Crippen LogP contribution in [-0.4, -0.2) is 6.71 Å². The van der Waals surface area contributed by atoms with Gasteiger partial charge in [0.2, 0.25) is 6.71 Å². The van der Waals surface area contributed by atoms with Crippen LogP contribution >= 0.6 is 0 Å². The summed E-state index contributed by atoms with van der Waals surface area (Å²) >= 11 is 0. The average Bonchev–Trinajstić information content (AvgIpc) is 3.73. The molecule has 0 amide bonds. The van der Waals surface area contributed by atoms with Gasteiger partial charge in [0, 0.05) is 34.1 Å². The Balaban J connectivity index is 1.13. The van der Waals surface area contributed by atoms with E-state index in [-0.39, 0.29) is 39.2 Å². The molecule has 0 saturated carbocycles. The highest BCUT2D eigenvalue weighted by atomic mass is 15.2. The third kappa shape index (κ3) is 6.34. The molecule has 0 bridgehead atoms. The Labute approximate surface area is 431 Å². The molecule has 0 saturated heterocycles. The van der Waals surface area contributed by atoms with Gasteiger partial charge in [-0.3, -0.25) is 0 Å². The highest BCUT2D eigenvalue weighted by molar-refractivity contribution is 6.89. The lowest BCUT2D eigenvalue weighted by molar-refractivity contribution is 0.332. The fourth-order valence-electron chi connectivity index (χ4n) is 16.0. The first-order valence-electron chi connectivity index (χ1n) is 27.2. The minimum absolute atomic E-state index is 0.0498. The molecule has 0 radical (unpaired) electrons. The van der Waals surface area contributed by atoms with E-state index in [1.54, 1.807) is 0 Å². The lowest BCUT2D eigenvalue weighted by Crippen LogP contribution is -2.52. The van der Waals surface area contributed by atoms with Crippen molar-refractivity contribution in [1.29, 1.82) is 0 Å². The van der Waals surface area contributed by atoms with E-state index in [0.717, 1.165) is 24.7 Å². The van der Waals surface area contributed by atoms with Gasteiger partial charge in [-0.25, -0.2) is 0 Å². The smallest absolute Gasteiger partial charge is 0.222 e. The number of aryl methyl sites for hydroxylation is 2. The van der Waals surface area contributed by atoms with Crippen LogP contribution in [0.25, 0.3) is 27.8 Å². The van der Waals surface area contributed by atoms with E-state index in [1.165, 1.54) is 141 Å². The second-order valence-electron chi connectivity index (χ2n) is 27.3. The second-order valence-corrected chi connectivity index (χ2v) is 27.3. The van der Waals surface area contributed by atoms with Gasteiger partial charge >= 0.3 is 0 Å². The van der Waals surface area contributed by atoms with Crippen molar-refractivity contribution < 1.29 is 0 Å². The van der Waals surface area contributed by atoms with Gasteiger partial charge in [0.25, 0.3) is 0 Å². The molecule has 2 aliphatic heterocycles. The molecule has 0 fully saturated rings. The molecule has 7 aromatic rings. The third-order valence-electron chi connectivity index (χ3n) is 19.2. The zero-order valence-corrected chi connectivity index (χ0v) is 45.7. The monoisotopic (exact) mass is 941 g/mol. The maximum atomic E-state index is 4.65. The first-order chi connectivity index (χ1) is 33.9. The molecule has 2 heterocycles. The summed E-state index contributed by atoms with van der Waals surface area (Å²) < 4.78 is 0. The Bertz CT molecular complexity index is 3570. The van der Waals surface area contributed by atoms with Crippen LogP contribution in [0.15, 0.2) is 122 Å². The zero-order chi connectivity index (χ0) is 50.6. The highest BCUT2D eigenvalue weighted by Crippen LogP contribution is 2.57. The van der Waals surface area contributed by atoms with Crippen LogP contribution in [0, 0.1) is 13.8 Å². The summed E-state index contributed by atoms with van der Waals surface area (Å²) in [7, 11) is 0. The van der Waals surface area contributed by atoms with Gasteiger partial charge in [-0.05, 0) is 221 Å². The topological polar surface area (TPSA) is 6.48 Å². The van der Waals surface area contributed by atoms with Crippen LogP contribution in [0.5, 0.6) is 0 Å². The molecular weight excluding hydrogens is 868 g/mol. The number of fused-ring (bicyclic) bond motifs is 9. The Morgan fingerprint density at radius 3 is 1.69 bits per heavy atom. The average molecular weight is 941 g/mol. The molecule has 6 aliphatic rings. The van der Waals surface area contributed by atoms with Gasteiger partial charge < -0.3 is 9.80 Å². The van der Waals surface area contributed by atoms with E-state index in [0.29, 0.717) is 0 Å². The first kappa shape index (κ1) is 45.8. The van der Waals surface area contributed by atoms with Crippen molar-refractivity contribution in [2.24, 2.45) is 0 Å². The third-order valence-corrected chi connectivity index (χ3v) is 19.2. The normalized spacial score (nSPS) is 20.1. The Morgan fingerprint density at radius 2 is 1.00 bits per heavy atom. The molecule has 3 heteroatoms. The van der Waals surface area contributed by atoms with Crippen molar-refractivity contribution in [1.82, 2.24) is 0 Å². The standard InChI is InChI=1S/C69H73BN2/c1-40-29-60-63-61(30-40)72(58-35-54-51(31-41(58)2)64(4,5)27-28-65(54,6)7)57-26-23-43(48-22-18-21-47-42(3)46-19-16-17-20-49(46)62(47)48)33-56(57)70(63)37-44-32-52-55(69(14,15)39-67(52,10)11)36-59(44)71(60)45-24-25-50-53(34-45)68(12,13)38-66(50,8)9/h16-26,29-36H,3,27-28,37-39H2,1-2,4-15H3. The minimum Gasteiger partial charge on any atom is -0.311 e. The van der Waals surface area contributed by atoms with Gasteiger partial charge in [-0.2, -0.15) is 0 Å². The molecule has 0 N–H and O–H groups in total. The van der Waals surface area contributed by atoms with Crippen molar-refractivity contribution in [3.05, 3.63) is 183 Å². The molecular formula is C69H73BN2. The molecule has 362 valence electrons. The van der Waals surface area contributed by atoms with Gasteiger partial charge in [-0.1, -0.05) is 162 Å². The Hall–Kier alpha value is -6.06. The van der Waals surface area contributed by atoms with Crippen LogP contribution in [0.2, 0.25) is 0 Å². The summed E-state index contributed by atoms with van der Waals surface area (Å²) in [6.45, 7) is 39.1. The molecule has 72 heavy (non-hydrogen) atoms. The Morgan fingerprint density at radius 1 is 0.444 bits per heavy atom. The zero-order valence-electron chi connectivity index (χ0n) is 45.7. The first-order valence-corrected chi connectivity index (χ1v) is 27.2. The van der Waals surface area contributed by atoms with Crippen molar-refractivity contribution in [3.8, 4) is 22.3 Å². The largest absolute Gasteiger partial charge is 0.311 e. The van der Waals surface area contributed by atoms with E-state index in [1.807, 2.05) is 0 Å². The second kappa shape index (κ2) is 14.6. The summed E-state index contributed by atoms with van der Waals surface area (Å²) in [6, 6.07) is 46.4. The molecule has 0 spiro atoms. The van der Waals surface area contributed by atoms with Crippen LogP contribution in [0.3, 0.4) is 0 Å². The van der Waals surface area contributed by atoms with E-state index in [9.17, 15) is 0 Å². The molecule has 13 rings (SSSR count). The summed E-state index contributed by atoms with van der Waals surface area (Å²) in [5, 5.41) is 0. The van der Waals surface area contributed by atoms with Crippen molar-refractivity contribution in [2.75, 3.05) is 9.80 Å². The molecule has 0 aromatic heterocycles. The van der Waals surface area contributed by atoms with Gasteiger partial charge in [0.05, 0.1) is 0 Å². The van der Waals surface area contributed by atoms with Crippen LogP contribution in [0.1, 0.15) is 170 Å². The fraction of sp³-hybridized carbons (Fsp3) is 0.362. The van der Waals surface area contributed by atoms with Crippen LogP contribution in [-0.2, 0) is 38.8 Å². The Kier molecular flexibility index (Phi) is 9.27.